The lowest BCUT2D eigenvalue weighted by Gasteiger charge is -2.29. The molecular weight excluding hydrogens is 368 g/mol. The predicted octanol–water partition coefficient (Wildman–Crippen LogP) is 2.97. The van der Waals surface area contributed by atoms with Gasteiger partial charge in [-0.15, -0.1) is 0 Å². The number of aromatic nitrogens is 1. The molecule has 1 saturated heterocycles. The van der Waals surface area contributed by atoms with E-state index in [0.29, 0.717) is 25.4 Å². The monoisotopic (exact) mass is 396 g/mol. The molecule has 3 heterocycles. The molecule has 154 valence electrons. The van der Waals surface area contributed by atoms with Crippen LogP contribution in [0.1, 0.15) is 29.5 Å². The van der Waals surface area contributed by atoms with Gasteiger partial charge in [0, 0.05) is 38.9 Å². The molecular formula is C22H28N4O3. The second-order valence-electron chi connectivity index (χ2n) is 7.52. The van der Waals surface area contributed by atoms with Gasteiger partial charge in [0.1, 0.15) is 5.82 Å². The molecule has 2 aliphatic heterocycles. The highest BCUT2D eigenvalue weighted by Crippen LogP contribution is 2.33. The van der Waals surface area contributed by atoms with Crippen molar-refractivity contribution in [3.63, 3.8) is 0 Å². The second-order valence-corrected chi connectivity index (χ2v) is 7.52. The number of rotatable bonds is 5. The number of anilines is 1. The Morgan fingerprint density at radius 2 is 1.79 bits per heavy atom. The summed E-state index contributed by atoms with van der Waals surface area (Å²) >= 11 is 0. The molecule has 0 bridgehead atoms. The number of methoxy groups -OCH3 is 2. The highest BCUT2D eigenvalue weighted by molar-refractivity contribution is 5.74. The minimum Gasteiger partial charge on any atom is -0.493 e. The number of nitrogens with one attached hydrogen (secondary N) is 1. The van der Waals surface area contributed by atoms with Crippen molar-refractivity contribution in [2.75, 3.05) is 38.8 Å². The Balaban J connectivity index is 1.35. The van der Waals surface area contributed by atoms with E-state index in [4.69, 9.17) is 9.47 Å². The Labute approximate surface area is 171 Å². The second kappa shape index (κ2) is 8.59. The highest BCUT2D eigenvalue weighted by Gasteiger charge is 2.22. The van der Waals surface area contributed by atoms with E-state index in [9.17, 15) is 4.79 Å². The van der Waals surface area contributed by atoms with E-state index >= 15 is 0 Å². The summed E-state index contributed by atoms with van der Waals surface area (Å²) in [5, 5.41) is 3.02. The van der Waals surface area contributed by atoms with Crippen LogP contribution in [-0.4, -0.2) is 49.8 Å². The van der Waals surface area contributed by atoms with Crippen molar-refractivity contribution in [2.45, 2.75) is 32.4 Å². The molecule has 2 amide bonds. The zero-order valence-electron chi connectivity index (χ0n) is 17.1. The van der Waals surface area contributed by atoms with Gasteiger partial charge in [-0.3, -0.25) is 0 Å². The quantitative estimate of drug-likeness (QED) is 0.842. The van der Waals surface area contributed by atoms with Crippen LogP contribution in [0.25, 0.3) is 0 Å². The molecule has 7 nitrogen and oxygen atoms in total. The summed E-state index contributed by atoms with van der Waals surface area (Å²) < 4.78 is 10.8. The molecule has 2 aromatic rings. The number of carbonyl (C=O) groups is 1. The molecule has 0 aliphatic carbocycles. The lowest BCUT2D eigenvalue weighted by atomic mass is 9.99. The molecule has 0 unspecified atom stereocenters. The van der Waals surface area contributed by atoms with E-state index in [0.717, 1.165) is 42.2 Å². The number of ether oxygens (including phenoxy) is 2. The first kappa shape index (κ1) is 19.4. The van der Waals surface area contributed by atoms with Crippen molar-refractivity contribution in [2.24, 2.45) is 0 Å². The zero-order chi connectivity index (χ0) is 20.2. The molecule has 1 aromatic carbocycles. The standard InChI is InChI=1S/C22H28N4O3/c1-28-19-11-17-7-10-26(15-18(17)12-20(19)29-2)22(27)24-14-16-5-6-21(23-13-16)25-8-3-4-9-25/h5-6,11-13H,3-4,7-10,14-15H2,1-2H3,(H,24,27). The van der Waals surface area contributed by atoms with Crippen LogP contribution in [0.3, 0.4) is 0 Å². The number of hydrogen-bond donors (Lipinski definition) is 1. The van der Waals surface area contributed by atoms with Crippen LogP contribution >= 0.6 is 0 Å². The summed E-state index contributed by atoms with van der Waals surface area (Å²) in [7, 11) is 3.26. The van der Waals surface area contributed by atoms with Crippen LogP contribution in [0.2, 0.25) is 0 Å². The molecule has 1 fully saturated rings. The zero-order valence-corrected chi connectivity index (χ0v) is 17.1. The van der Waals surface area contributed by atoms with Gasteiger partial charge in [-0.25, -0.2) is 9.78 Å². The van der Waals surface area contributed by atoms with Crippen LogP contribution < -0.4 is 19.7 Å². The molecule has 4 rings (SSSR count). The van der Waals surface area contributed by atoms with Gasteiger partial charge in [0.05, 0.1) is 14.2 Å². The van der Waals surface area contributed by atoms with Gasteiger partial charge in [0.2, 0.25) is 0 Å². The van der Waals surface area contributed by atoms with E-state index in [2.05, 4.69) is 15.2 Å². The third-order valence-corrected chi connectivity index (χ3v) is 5.69. The van der Waals surface area contributed by atoms with E-state index in [1.54, 1.807) is 14.2 Å². The summed E-state index contributed by atoms with van der Waals surface area (Å²) in [6.45, 7) is 3.88. The number of benzene rings is 1. The Bertz CT molecular complexity index is 863. The van der Waals surface area contributed by atoms with Crippen molar-refractivity contribution in [3.8, 4) is 11.5 Å². The third kappa shape index (κ3) is 4.23. The SMILES string of the molecule is COc1cc2c(cc1OC)CN(C(=O)NCc1ccc(N3CCCC3)nc1)CC2. The first-order chi connectivity index (χ1) is 14.2. The van der Waals surface area contributed by atoms with Crippen molar-refractivity contribution in [1.82, 2.24) is 15.2 Å². The number of hydrogen-bond acceptors (Lipinski definition) is 5. The maximum Gasteiger partial charge on any atom is 0.317 e. The van der Waals surface area contributed by atoms with Crippen LogP contribution in [0, 0.1) is 0 Å². The lowest BCUT2D eigenvalue weighted by Crippen LogP contribution is -2.42. The number of amides is 2. The Morgan fingerprint density at radius 1 is 1.07 bits per heavy atom. The fourth-order valence-corrected chi connectivity index (χ4v) is 4.00. The molecule has 0 radical (unpaired) electrons. The van der Waals surface area contributed by atoms with E-state index in [1.165, 1.54) is 18.4 Å². The maximum atomic E-state index is 12.7. The van der Waals surface area contributed by atoms with Gasteiger partial charge in [0.25, 0.3) is 0 Å². The first-order valence-corrected chi connectivity index (χ1v) is 10.1. The van der Waals surface area contributed by atoms with Crippen molar-refractivity contribution < 1.29 is 14.3 Å². The van der Waals surface area contributed by atoms with Gasteiger partial charge in [0.15, 0.2) is 11.5 Å². The predicted molar refractivity (Wildman–Crippen MR) is 112 cm³/mol. The topological polar surface area (TPSA) is 66.9 Å². The molecule has 2 aliphatic rings. The highest BCUT2D eigenvalue weighted by atomic mass is 16.5. The average Bonchev–Trinajstić information content (AvgIpc) is 3.31. The molecule has 0 spiro atoms. The lowest BCUT2D eigenvalue weighted by molar-refractivity contribution is 0.191. The molecule has 29 heavy (non-hydrogen) atoms. The number of urea groups is 1. The Hall–Kier alpha value is -2.96. The van der Waals surface area contributed by atoms with Gasteiger partial charge < -0.3 is 24.6 Å². The van der Waals surface area contributed by atoms with Gasteiger partial charge >= 0.3 is 6.03 Å². The van der Waals surface area contributed by atoms with E-state index in [1.807, 2.05) is 35.4 Å². The fourth-order valence-electron chi connectivity index (χ4n) is 4.00. The Morgan fingerprint density at radius 3 is 2.45 bits per heavy atom. The molecule has 7 heteroatoms. The largest absolute Gasteiger partial charge is 0.493 e. The fraction of sp³-hybridized carbons (Fsp3) is 0.455. The summed E-state index contributed by atoms with van der Waals surface area (Å²) in [6, 6.07) is 8.01. The smallest absolute Gasteiger partial charge is 0.317 e. The van der Waals surface area contributed by atoms with Gasteiger partial charge in [-0.05, 0) is 54.2 Å². The minimum atomic E-state index is -0.0611. The van der Waals surface area contributed by atoms with Crippen LogP contribution in [0.4, 0.5) is 10.6 Å². The van der Waals surface area contributed by atoms with Crippen molar-refractivity contribution in [1.29, 1.82) is 0 Å². The van der Waals surface area contributed by atoms with Crippen LogP contribution in [-0.2, 0) is 19.5 Å². The number of carbonyl (C=O) groups excluding carboxylic acids is 1. The normalized spacial score (nSPS) is 15.8. The molecule has 1 N–H and O–H groups in total. The summed E-state index contributed by atoms with van der Waals surface area (Å²) in [5.41, 5.74) is 3.30. The number of pyridine rings is 1. The number of nitrogens with zero attached hydrogens (tertiary/aromatic N) is 3. The Kier molecular flexibility index (Phi) is 5.74. The number of fused-ring (bicyclic) bond motifs is 1. The van der Waals surface area contributed by atoms with Crippen molar-refractivity contribution in [3.05, 3.63) is 47.2 Å². The summed E-state index contributed by atoms with van der Waals surface area (Å²) in [5.74, 6) is 2.45. The minimum absolute atomic E-state index is 0.0611. The van der Waals surface area contributed by atoms with E-state index in [-0.39, 0.29) is 6.03 Å². The van der Waals surface area contributed by atoms with E-state index < -0.39 is 0 Å². The summed E-state index contributed by atoms with van der Waals surface area (Å²) in [6.07, 6.45) is 5.12. The average molecular weight is 396 g/mol. The maximum absolute atomic E-state index is 12.7. The van der Waals surface area contributed by atoms with Crippen LogP contribution in [0.15, 0.2) is 30.5 Å². The molecule has 0 saturated carbocycles. The third-order valence-electron chi connectivity index (χ3n) is 5.69. The molecule has 0 atom stereocenters. The van der Waals surface area contributed by atoms with Gasteiger partial charge in [-0.2, -0.15) is 0 Å². The molecule has 1 aromatic heterocycles. The summed E-state index contributed by atoms with van der Waals surface area (Å²) in [4.78, 5) is 21.4. The van der Waals surface area contributed by atoms with Gasteiger partial charge in [-0.1, -0.05) is 6.07 Å². The van der Waals surface area contributed by atoms with Crippen LogP contribution in [0.5, 0.6) is 11.5 Å². The van der Waals surface area contributed by atoms with Crippen molar-refractivity contribution >= 4 is 11.8 Å². The first-order valence-electron chi connectivity index (χ1n) is 10.1.